The fourth-order valence-electron chi connectivity index (χ4n) is 4.77. The molecule has 2 nitrogen and oxygen atoms in total. The molecule has 27 heavy (non-hydrogen) atoms. The van der Waals surface area contributed by atoms with Crippen LogP contribution in [0.1, 0.15) is 74.3 Å². The summed E-state index contributed by atoms with van der Waals surface area (Å²) in [7, 11) is 3.61. The SMILES string of the molecule is COc1ccc([I+]c2ccc(OC)c(C3CCCC3)c2)cc1C1CCCC1. The fourth-order valence-corrected chi connectivity index (χ4v) is 7.19. The Kier molecular flexibility index (Phi) is 6.26. The Balaban J connectivity index is 1.60. The van der Waals surface area contributed by atoms with E-state index in [9.17, 15) is 0 Å². The molecule has 0 heterocycles. The monoisotopic (exact) mass is 477 g/mol. The Morgan fingerprint density at radius 3 is 1.44 bits per heavy atom. The van der Waals surface area contributed by atoms with Crippen molar-refractivity contribution in [3.8, 4) is 11.5 Å². The average molecular weight is 477 g/mol. The van der Waals surface area contributed by atoms with E-state index in [0.29, 0.717) is 11.8 Å². The third-order valence-electron chi connectivity index (χ3n) is 6.19. The van der Waals surface area contributed by atoms with E-state index in [-0.39, 0.29) is 21.2 Å². The second kappa shape index (κ2) is 8.85. The molecule has 0 aromatic heterocycles. The van der Waals surface area contributed by atoms with Crippen LogP contribution in [0.5, 0.6) is 11.5 Å². The van der Waals surface area contributed by atoms with Crippen LogP contribution in [0.25, 0.3) is 0 Å². The first-order valence-corrected chi connectivity index (χ1v) is 12.4. The van der Waals surface area contributed by atoms with Crippen molar-refractivity contribution in [1.82, 2.24) is 0 Å². The molecule has 0 unspecified atom stereocenters. The normalized spacial score (nSPS) is 18.1. The summed E-state index contributed by atoms with van der Waals surface area (Å²) in [6.45, 7) is 0. The van der Waals surface area contributed by atoms with Crippen molar-refractivity contribution in [1.29, 1.82) is 0 Å². The van der Waals surface area contributed by atoms with Gasteiger partial charge in [-0.2, -0.15) is 0 Å². The minimum atomic E-state index is -0.184. The smallest absolute Gasteiger partial charge is 0.357 e. The van der Waals surface area contributed by atoms with Crippen LogP contribution in [0, 0.1) is 7.14 Å². The molecular weight excluding hydrogens is 447 g/mol. The second-order valence-corrected chi connectivity index (χ2v) is 10.9. The summed E-state index contributed by atoms with van der Waals surface area (Å²) in [6, 6.07) is 13.9. The Bertz CT molecular complexity index is 708. The van der Waals surface area contributed by atoms with Gasteiger partial charge in [0, 0.05) is 11.1 Å². The number of ether oxygens (including phenoxy) is 2. The molecule has 0 N–H and O–H groups in total. The molecule has 3 heteroatoms. The predicted octanol–water partition coefficient (Wildman–Crippen LogP) is 3.15. The van der Waals surface area contributed by atoms with Crippen LogP contribution in [0.15, 0.2) is 36.4 Å². The summed E-state index contributed by atoms with van der Waals surface area (Å²) >= 11 is -0.184. The first-order chi connectivity index (χ1) is 13.3. The first kappa shape index (κ1) is 19.1. The molecule has 2 aliphatic carbocycles. The van der Waals surface area contributed by atoms with Gasteiger partial charge in [0.1, 0.15) is 11.5 Å². The van der Waals surface area contributed by atoms with Gasteiger partial charge in [0.15, 0.2) is 7.14 Å². The zero-order chi connectivity index (χ0) is 18.6. The number of hydrogen-bond donors (Lipinski definition) is 0. The summed E-state index contributed by atoms with van der Waals surface area (Å²) in [5, 5.41) is 0. The predicted molar refractivity (Wildman–Crippen MR) is 106 cm³/mol. The van der Waals surface area contributed by atoms with Crippen molar-refractivity contribution in [2.75, 3.05) is 14.2 Å². The highest BCUT2D eigenvalue weighted by atomic mass is 127. The molecule has 4 rings (SSSR count). The number of hydrogen-bond acceptors (Lipinski definition) is 2. The van der Waals surface area contributed by atoms with Gasteiger partial charge < -0.3 is 9.47 Å². The van der Waals surface area contributed by atoms with Gasteiger partial charge in [-0.25, -0.2) is 0 Å². The van der Waals surface area contributed by atoms with E-state index in [1.54, 1.807) is 14.2 Å². The Labute approximate surface area is 173 Å². The molecule has 0 aliphatic heterocycles. The summed E-state index contributed by atoms with van der Waals surface area (Å²) in [6.07, 6.45) is 10.7. The average Bonchev–Trinajstić information content (AvgIpc) is 3.42. The second-order valence-electron chi connectivity index (χ2n) is 7.83. The van der Waals surface area contributed by atoms with Crippen LogP contribution in [0.4, 0.5) is 0 Å². The third kappa shape index (κ3) is 4.28. The fraction of sp³-hybridized carbons (Fsp3) is 0.500. The van der Waals surface area contributed by atoms with Gasteiger partial charge in [0.2, 0.25) is 0 Å². The maximum Gasteiger partial charge on any atom is 0.357 e. The zero-order valence-corrected chi connectivity index (χ0v) is 18.6. The summed E-state index contributed by atoms with van der Waals surface area (Å²) < 4.78 is 14.3. The molecule has 0 saturated heterocycles. The van der Waals surface area contributed by atoms with E-state index in [1.807, 2.05) is 0 Å². The molecular formula is C24H30IO2+. The van der Waals surface area contributed by atoms with Crippen LogP contribution < -0.4 is 30.7 Å². The lowest BCUT2D eigenvalue weighted by molar-refractivity contribution is -0.597. The molecule has 0 bridgehead atoms. The van der Waals surface area contributed by atoms with E-state index < -0.39 is 0 Å². The van der Waals surface area contributed by atoms with Crippen LogP contribution in [0.3, 0.4) is 0 Å². The van der Waals surface area contributed by atoms with E-state index in [4.69, 9.17) is 9.47 Å². The summed E-state index contributed by atoms with van der Waals surface area (Å²) in [4.78, 5) is 0. The van der Waals surface area contributed by atoms with Crippen molar-refractivity contribution < 1.29 is 30.7 Å². The number of methoxy groups -OCH3 is 2. The third-order valence-corrected chi connectivity index (χ3v) is 8.78. The van der Waals surface area contributed by atoms with Gasteiger partial charge in [-0.05, 0) is 73.9 Å². The van der Waals surface area contributed by atoms with E-state index in [2.05, 4.69) is 36.4 Å². The topological polar surface area (TPSA) is 18.5 Å². The zero-order valence-electron chi connectivity index (χ0n) is 16.5. The van der Waals surface area contributed by atoms with Crippen molar-refractivity contribution in [3.63, 3.8) is 0 Å². The molecule has 0 atom stereocenters. The minimum Gasteiger partial charge on any atom is -0.496 e. The summed E-state index contributed by atoms with van der Waals surface area (Å²) in [5.41, 5.74) is 2.88. The van der Waals surface area contributed by atoms with Crippen molar-refractivity contribution in [2.45, 2.75) is 63.2 Å². The van der Waals surface area contributed by atoms with Gasteiger partial charge >= 0.3 is 21.2 Å². The van der Waals surface area contributed by atoms with Crippen LogP contribution in [0.2, 0.25) is 0 Å². The lowest BCUT2D eigenvalue weighted by Gasteiger charge is -2.14. The highest BCUT2D eigenvalue weighted by Gasteiger charge is 2.27. The summed E-state index contributed by atoms with van der Waals surface area (Å²) in [5.74, 6) is 3.54. The Hall–Kier alpha value is -1.23. The molecule has 144 valence electrons. The Morgan fingerprint density at radius 2 is 1.07 bits per heavy atom. The van der Waals surface area contributed by atoms with E-state index in [0.717, 1.165) is 11.5 Å². The maximum absolute atomic E-state index is 5.68. The van der Waals surface area contributed by atoms with Gasteiger partial charge in [0.25, 0.3) is 0 Å². The standard InChI is InChI=1S/C24H30IO2/c1-26-23-13-11-19(15-21(23)17-7-3-4-8-17)25-20-12-14-24(27-2)22(16-20)18-9-5-6-10-18/h11-18H,3-10H2,1-2H3/q+1. The quantitative estimate of drug-likeness (QED) is 0.596. The molecule has 2 fully saturated rings. The molecule has 0 radical (unpaired) electrons. The number of rotatable bonds is 6. The first-order valence-electron chi connectivity index (χ1n) is 10.3. The van der Waals surface area contributed by atoms with E-state index >= 15 is 0 Å². The van der Waals surface area contributed by atoms with Gasteiger partial charge in [-0.1, -0.05) is 25.7 Å². The lowest BCUT2D eigenvalue weighted by Crippen LogP contribution is -3.61. The minimum absolute atomic E-state index is 0.184. The lowest BCUT2D eigenvalue weighted by atomic mass is 9.97. The van der Waals surface area contributed by atoms with E-state index in [1.165, 1.54) is 69.6 Å². The van der Waals surface area contributed by atoms with Gasteiger partial charge in [-0.15, -0.1) is 0 Å². The van der Waals surface area contributed by atoms with Crippen molar-refractivity contribution in [3.05, 3.63) is 54.7 Å². The maximum atomic E-state index is 5.68. The van der Waals surface area contributed by atoms with Gasteiger partial charge in [0.05, 0.1) is 14.2 Å². The molecule has 2 saturated carbocycles. The highest BCUT2D eigenvalue weighted by Crippen LogP contribution is 2.39. The highest BCUT2D eigenvalue weighted by molar-refractivity contribution is 5.38. The number of benzene rings is 2. The number of halogens is 1. The van der Waals surface area contributed by atoms with Crippen LogP contribution >= 0.6 is 0 Å². The van der Waals surface area contributed by atoms with Gasteiger partial charge in [-0.3, -0.25) is 0 Å². The van der Waals surface area contributed by atoms with Crippen LogP contribution in [-0.2, 0) is 0 Å². The van der Waals surface area contributed by atoms with Crippen molar-refractivity contribution in [2.24, 2.45) is 0 Å². The van der Waals surface area contributed by atoms with Crippen LogP contribution in [-0.4, -0.2) is 14.2 Å². The molecule has 0 spiro atoms. The molecule has 2 aromatic rings. The molecule has 0 amide bonds. The van der Waals surface area contributed by atoms with Crippen molar-refractivity contribution >= 4 is 0 Å². The Morgan fingerprint density at radius 1 is 0.667 bits per heavy atom. The largest absolute Gasteiger partial charge is 0.496 e. The molecule has 2 aromatic carbocycles. The molecule has 2 aliphatic rings.